The third-order valence-electron chi connectivity index (χ3n) is 5.84. The minimum atomic E-state index is -2.83. The van der Waals surface area contributed by atoms with Gasteiger partial charge in [0.15, 0.2) is 5.96 Å². The Labute approximate surface area is 206 Å². The van der Waals surface area contributed by atoms with E-state index >= 15 is 0 Å². The molecular formula is C22H36F2IN5O2. The van der Waals surface area contributed by atoms with Crippen molar-refractivity contribution in [1.29, 1.82) is 0 Å². The molecule has 0 saturated carbocycles. The predicted molar refractivity (Wildman–Crippen MR) is 135 cm³/mol. The Morgan fingerprint density at radius 1 is 1.25 bits per heavy atom. The van der Waals surface area contributed by atoms with Crippen molar-refractivity contribution < 1.29 is 18.3 Å². The second kappa shape index (κ2) is 14.0. The third-order valence-corrected chi connectivity index (χ3v) is 5.84. The van der Waals surface area contributed by atoms with E-state index in [2.05, 4.69) is 27.4 Å². The number of nitrogens with zero attached hydrogens (tertiary/aromatic N) is 3. The molecule has 2 unspecified atom stereocenters. The van der Waals surface area contributed by atoms with E-state index in [4.69, 9.17) is 14.5 Å². The van der Waals surface area contributed by atoms with Crippen molar-refractivity contribution in [2.75, 3.05) is 57.9 Å². The highest BCUT2D eigenvalue weighted by Gasteiger charge is 2.27. The summed E-state index contributed by atoms with van der Waals surface area (Å²) in [5.74, 6) is 1.03. The lowest BCUT2D eigenvalue weighted by Gasteiger charge is -2.24. The minimum Gasteiger partial charge on any atom is -0.433 e. The molecule has 2 heterocycles. The number of likely N-dealkylation sites (tertiary alicyclic amines) is 1. The first-order valence-electron chi connectivity index (χ1n) is 11.2. The van der Waals surface area contributed by atoms with Crippen molar-refractivity contribution in [3.8, 4) is 5.75 Å². The molecule has 0 amide bonds. The van der Waals surface area contributed by atoms with E-state index < -0.39 is 6.61 Å². The highest BCUT2D eigenvalue weighted by atomic mass is 127. The van der Waals surface area contributed by atoms with Crippen molar-refractivity contribution in [2.24, 2.45) is 4.99 Å². The Morgan fingerprint density at radius 3 is 2.81 bits per heavy atom. The monoisotopic (exact) mass is 567 g/mol. The van der Waals surface area contributed by atoms with E-state index in [0.717, 1.165) is 58.1 Å². The molecule has 2 aliphatic heterocycles. The summed E-state index contributed by atoms with van der Waals surface area (Å²) in [5.41, 5.74) is 0.703. The molecule has 0 aromatic heterocycles. The Hall–Kier alpha value is -1.40. The number of ether oxygens (including phenoxy) is 2. The van der Waals surface area contributed by atoms with Gasteiger partial charge >= 0.3 is 6.61 Å². The van der Waals surface area contributed by atoms with Crippen LogP contribution in [0.25, 0.3) is 0 Å². The van der Waals surface area contributed by atoms with Crippen LogP contribution in [0.1, 0.15) is 26.2 Å². The fraction of sp³-hybridized carbons (Fsp3) is 0.682. The first-order valence-corrected chi connectivity index (χ1v) is 11.2. The third kappa shape index (κ3) is 7.87. The summed E-state index contributed by atoms with van der Waals surface area (Å²) in [5, 5.41) is 6.86. The van der Waals surface area contributed by atoms with Crippen LogP contribution in [0.3, 0.4) is 0 Å². The molecule has 32 heavy (non-hydrogen) atoms. The summed E-state index contributed by atoms with van der Waals surface area (Å²) < 4.78 is 35.4. The number of methoxy groups -OCH3 is 1. The summed E-state index contributed by atoms with van der Waals surface area (Å²) in [4.78, 5) is 9.38. The fourth-order valence-electron chi connectivity index (χ4n) is 4.33. The summed E-state index contributed by atoms with van der Waals surface area (Å²) in [6.45, 7) is 5.02. The van der Waals surface area contributed by atoms with E-state index in [9.17, 15) is 8.78 Å². The first-order chi connectivity index (χ1) is 15.1. The number of aliphatic imine (C=N–C) groups is 1. The zero-order valence-electron chi connectivity index (χ0n) is 18.9. The zero-order chi connectivity index (χ0) is 22.1. The maximum absolute atomic E-state index is 12.7. The molecule has 0 aliphatic carbocycles. The molecule has 1 aromatic carbocycles. The largest absolute Gasteiger partial charge is 0.433 e. The number of nitrogens with one attached hydrogen (secondary N) is 2. The predicted octanol–water partition coefficient (Wildman–Crippen LogP) is 3.15. The Balaban J connectivity index is 0.00000363. The van der Waals surface area contributed by atoms with Crippen LogP contribution in [-0.2, 0) is 4.74 Å². The van der Waals surface area contributed by atoms with E-state index in [-0.39, 0.29) is 35.8 Å². The Bertz CT molecular complexity index is 713. The molecule has 10 heteroatoms. The Morgan fingerprint density at radius 2 is 2.06 bits per heavy atom. The molecule has 7 nitrogen and oxygen atoms in total. The molecule has 0 radical (unpaired) electrons. The van der Waals surface area contributed by atoms with Crippen molar-refractivity contribution in [3.05, 3.63) is 24.3 Å². The highest BCUT2D eigenvalue weighted by molar-refractivity contribution is 14.0. The minimum absolute atomic E-state index is 0. The van der Waals surface area contributed by atoms with Gasteiger partial charge in [0.05, 0.1) is 18.8 Å². The van der Waals surface area contributed by atoms with Crippen LogP contribution in [0.5, 0.6) is 5.75 Å². The van der Waals surface area contributed by atoms with Crippen molar-refractivity contribution >= 4 is 35.6 Å². The number of guanidine groups is 1. The van der Waals surface area contributed by atoms with Crippen LogP contribution in [0.4, 0.5) is 14.5 Å². The molecule has 2 atom stereocenters. The zero-order valence-corrected chi connectivity index (χ0v) is 21.3. The molecular weight excluding hydrogens is 531 g/mol. The molecule has 0 spiro atoms. The van der Waals surface area contributed by atoms with Crippen LogP contribution in [0.2, 0.25) is 0 Å². The maximum atomic E-state index is 12.7. The first kappa shape index (κ1) is 26.8. The average Bonchev–Trinajstić information content (AvgIpc) is 3.40. The average molecular weight is 567 g/mol. The van der Waals surface area contributed by atoms with E-state index in [1.54, 1.807) is 19.2 Å². The second-order valence-electron chi connectivity index (χ2n) is 7.97. The summed E-state index contributed by atoms with van der Waals surface area (Å²) >= 11 is 0. The van der Waals surface area contributed by atoms with Crippen LogP contribution in [0.15, 0.2) is 29.3 Å². The Kier molecular flexibility index (Phi) is 11.7. The molecule has 1 aromatic rings. The molecule has 2 aliphatic rings. The van der Waals surface area contributed by atoms with Gasteiger partial charge < -0.3 is 25.0 Å². The number of anilines is 1. The lowest BCUT2D eigenvalue weighted by atomic mass is 10.2. The number of alkyl halides is 2. The number of para-hydroxylation sites is 2. The number of rotatable bonds is 10. The summed E-state index contributed by atoms with van der Waals surface area (Å²) in [6, 6.07) is 7.60. The van der Waals surface area contributed by atoms with E-state index in [0.29, 0.717) is 18.3 Å². The molecule has 2 N–H and O–H groups in total. The van der Waals surface area contributed by atoms with Gasteiger partial charge in [-0.3, -0.25) is 9.89 Å². The van der Waals surface area contributed by atoms with Gasteiger partial charge in [-0.1, -0.05) is 12.1 Å². The standard InChI is InChI=1S/C22H35F2N5O2.HI/c1-3-25-22(26-15-18-7-6-11-28(18)13-14-30-2)27-17-10-12-29(16-17)19-8-4-5-9-20(19)31-21(23)24;/h4-5,8-9,17-18,21H,3,6-7,10-16H2,1-2H3,(H2,25,26,27);1H. The van der Waals surface area contributed by atoms with Gasteiger partial charge in [-0.05, 0) is 44.9 Å². The summed E-state index contributed by atoms with van der Waals surface area (Å²) in [6.07, 6.45) is 3.26. The van der Waals surface area contributed by atoms with Crippen molar-refractivity contribution in [3.63, 3.8) is 0 Å². The lowest BCUT2D eigenvalue weighted by molar-refractivity contribution is -0.0495. The van der Waals surface area contributed by atoms with Crippen LogP contribution >= 0.6 is 24.0 Å². The molecule has 2 saturated heterocycles. The smallest absolute Gasteiger partial charge is 0.387 e. The second-order valence-corrected chi connectivity index (χ2v) is 7.97. The number of hydrogen-bond acceptors (Lipinski definition) is 5. The highest BCUT2D eigenvalue weighted by Crippen LogP contribution is 2.31. The number of hydrogen-bond donors (Lipinski definition) is 2. The molecule has 2 fully saturated rings. The van der Waals surface area contributed by atoms with Gasteiger partial charge in [-0.2, -0.15) is 8.78 Å². The van der Waals surface area contributed by atoms with Crippen LogP contribution in [0, 0.1) is 0 Å². The van der Waals surface area contributed by atoms with Crippen molar-refractivity contribution in [2.45, 2.75) is 44.9 Å². The van der Waals surface area contributed by atoms with Gasteiger partial charge in [0.25, 0.3) is 0 Å². The van der Waals surface area contributed by atoms with Crippen LogP contribution in [-0.4, -0.2) is 82.5 Å². The van der Waals surface area contributed by atoms with Gasteiger partial charge in [-0.25, -0.2) is 0 Å². The van der Waals surface area contributed by atoms with Gasteiger partial charge in [0.2, 0.25) is 0 Å². The quantitative estimate of drug-likeness (QED) is 0.258. The van der Waals surface area contributed by atoms with Crippen LogP contribution < -0.4 is 20.3 Å². The summed E-state index contributed by atoms with van der Waals surface area (Å²) in [7, 11) is 1.74. The fourth-order valence-corrected chi connectivity index (χ4v) is 4.33. The van der Waals surface area contributed by atoms with Gasteiger partial charge in [-0.15, -0.1) is 24.0 Å². The molecule has 3 rings (SSSR count). The van der Waals surface area contributed by atoms with Gasteiger partial charge in [0.1, 0.15) is 5.75 Å². The topological polar surface area (TPSA) is 61.4 Å². The van der Waals surface area contributed by atoms with E-state index in [1.165, 1.54) is 6.42 Å². The number of halogens is 3. The van der Waals surface area contributed by atoms with Gasteiger partial charge in [0, 0.05) is 45.4 Å². The maximum Gasteiger partial charge on any atom is 0.387 e. The van der Waals surface area contributed by atoms with E-state index in [1.807, 2.05) is 12.1 Å². The molecule has 0 bridgehead atoms. The number of benzene rings is 1. The normalized spacial score (nSPS) is 21.7. The SMILES string of the molecule is CCNC(=NCC1CCCN1CCOC)NC1CCN(c2ccccc2OC(F)F)C1.I. The van der Waals surface area contributed by atoms with Crippen molar-refractivity contribution in [1.82, 2.24) is 15.5 Å². The lowest BCUT2D eigenvalue weighted by Crippen LogP contribution is -2.45. The molecule has 182 valence electrons.